The van der Waals surface area contributed by atoms with Crippen molar-refractivity contribution in [3.63, 3.8) is 0 Å². The fourth-order valence-electron chi connectivity index (χ4n) is 3.13. The SMILES string of the molecule is CC[C@H](C)NC(=O)c1nn(-c2ccc(C(F)(F)F)cc2)c(=O)n(Cc2ccc(C(F)(F)F)cc2)c1=O. The fraction of sp³-hybridized carbons (Fsp3) is 0.304. The van der Waals surface area contributed by atoms with Gasteiger partial charge >= 0.3 is 18.0 Å². The van der Waals surface area contributed by atoms with E-state index in [0.717, 1.165) is 36.4 Å². The van der Waals surface area contributed by atoms with Crippen molar-refractivity contribution in [3.8, 4) is 5.69 Å². The zero-order chi connectivity index (χ0) is 26.8. The highest BCUT2D eigenvalue weighted by molar-refractivity contribution is 5.91. The van der Waals surface area contributed by atoms with Crippen LogP contribution >= 0.6 is 0 Å². The lowest BCUT2D eigenvalue weighted by Crippen LogP contribution is -2.47. The molecule has 0 radical (unpaired) electrons. The van der Waals surface area contributed by atoms with Gasteiger partial charge in [-0.3, -0.25) is 14.2 Å². The first kappa shape index (κ1) is 26.7. The summed E-state index contributed by atoms with van der Waals surface area (Å²) in [6.07, 6.45) is -8.73. The van der Waals surface area contributed by atoms with Crippen LogP contribution in [0, 0.1) is 0 Å². The molecule has 3 aromatic rings. The summed E-state index contributed by atoms with van der Waals surface area (Å²) in [5.74, 6) is -0.920. The van der Waals surface area contributed by atoms with Crippen molar-refractivity contribution >= 4 is 5.91 Å². The number of hydrogen-bond acceptors (Lipinski definition) is 4. The Morgan fingerprint density at radius 2 is 1.42 bits per heavy atom. The molecule has 0 aliphatic heterocycles. The first-order chi connectivity index (χ1) is 16.7. The maximum Gasteiger partial charge on any atom is 0.416 e. The molecule has 1 aromatic heterocycles. The molecule has 0 aliphatic carbocycles. The first-order valence-electron chi connectivity index (χ1n) is 10.6. The van der Waals surface area contributed by atoms with Crippen molar-refractivity contribution in [2.45, 2.75) is 45.2 Å². The predicted octanol–water partition coefficient (Wildman–Crippen LogP) is 4.01. The van der Waals surface area contributed by atoms with E-state index >= 15 is 0 Å². The van der Waals surface area contributed by atoms with Gasteiger partial charge in [-0.05, 0) is 55.3 Å². The molecule has 3 rings (SSSR count). The Hall–Kier alpha value is -3.90. The molecule has 7 nitrogen and oxygen atoms in total. The van der Waals surface area contributed by atoms with E-state index in [2.05, 4.69) is 10.4 Å². The number of hydrogen-bond donors (Lipinski definition) is 1. The van der Waals surface area contributed by atoms with Crippen molar-refractivity contribution in [2.75, 3.05) is 0 Å². The molecule has 36 heavy (non-hydrogen) atoms. The minimum Gasteiger partial charge on any atom is -0.348 e. The van der Waals surface area contributed by atoms with E-state index in [9.17, 15) is 40.7 Å². The van der Waals surface area contributed by atoms with Crippen LogP contribution in [0.3, 0.4) is 0 Å². The molecule has 1 atom stereocenters. The van der Waals surface area contributed by atoms with E-state index in [0.29, 0.717) is 27.8 Å². The van der Waals surface area contributed by atoms with Crippen LogP contribution in [0.5, 0.6) is 0 Å². The molecule has 13 heteroatoms. The number of nitrogens with one attached hydrogen (secondary N) is 1. The summed E-state index contributed by atoms with van der Waals surface area (Å²) in [4.78, 5) is 38.8. The zero-order valence-electron chi connectivity index (χ0n) is 18.9. The molecule has 1 N–H and O–H groups in total. The Morgan fingerprint density at radius 1 is 0.917 bits per heavy atom. The smallest absolute Gasteiger partial charge is 0.348 e. The molecule has 0 saturated carbocycles. The molecule has 0 saturated heterocycles. The summed E-state index contributed by atoms with van der Waals surface area (Å²) in [6.45, 7) is 2.91. The van der Waals surface area contributed by atoms with Crippen molar-refractivity contribution < 1.29 is 31.1 Å². The van der Waals surface area contributed by atoms with Gasteiger partial charge in [0.15, 0.2) is 0 Å². The lowest BCUT2D eigenvalue weighted by molar-refractivity contribution is -0.138. The second kappa shape index (κ2) is 9.99. The Balaban J connectivity index is 2.14. The third-order valence-electron chi connectivity index (χ3n) is 5.33. The highest BCUT2D eigenvalue weighted by Crippen LogP contribution is 2.30. The van der Waals surface area contributed by atoms with E-state index in [1.54, 1.807) is 13.8 Å². The van der Waals surface area contributed by atoms with E-state index in [1.807, 2.05) is 0 Å². The molecule has 1 amide bonds. The summed E-state index contributed by atoms with van der Waals surface area (Å²) in [7, 11) is 0. The van der Waals surface area contributed by atoms with Crippen molar-refractivity contribution in [1.29, 1.82) is 0 Å². The van der Waals surface area contributed by atoms with Gasteiger partial charge in [0.25, 0.3) is 11.5 Å². The standard InChI is InChI=1S/C23H20F6N4O3/c1-3-13(2)30-19(34)18-20(35)32(12-14-4-6-15(7-5-14)22(24,25)26)21(36)33(31-18)17-10-8-16(9-11-17)23(27,28)29/h4-11,13H,3,12H2,1-2H3,(H,30,34)/t13-/m0/s1. The van der Waals surface area contributed by atoms with Gasteiger partial charge in [-0.15, -0.1) is 0 Å². The molecule has 2 aromatic carbocycles. The quantitative estimate of drug-likeness (QED) is 0.504. The van der Waals surface area contributed by atoms with Crippen LogP contribution in [-0.4, -0.2) is 26.3 Å². The second-order valence-corrected chi connectivity index (χ2v) is 7.96. The number of amides is 1. The van der Waals surface area contributed by atoms with Crippen LogP contribution in [-0.2, 0) is 18.9 Å². The lowest BCUT2D eigenvalue weighted by Gasteiger charge is -2.15. The van der Waals surface area contributed by atoms with Crippen LogP contribution in [0.1, 0.15) is 47.4 Å². The Labute approximate surface area is 200 Å². The number of carbonyl (C=O) groups excluding carboxylic acids is 1. The average Bonchev–Trinajstić information content (AvgIpc) is 2.81. The minimum absolute atomic E-state index is 0.139. The number of halogens is 6. The monoisotopic (exact) mass is 514 g/mol. The summed E-state index contributed by atoms with van der Waals surface area (Å²) < 4.78 is 78.6. The van der Waals surface area contributed by atoms with Crippen LogP contribution in [0.4, 0.5) is 26.3 Å². The minimum atomic E-state index is -4.64. The van der Waals surface area contributed by atoms with E-state index in [4.69, 9.17) is 0 Å². The zero-order valence-corrected chi connectivity index (χ0v) is 18.9. The Bertz CT molecular complexity index is 1360. The Morgan fingerprint density at radius 3 is 1.89 bits per heavy atom. The summed E-state index contributed by atoms with van der Waals surface area (Å²) in [5.41, 5.74) is -4.87. The summed E-state index contributed by atoms with van der Waals surface area (Å²) >= 11 is 0. The molecule has 0 aliphatic rings. The van der Waals surface area contributed by atoms with Crippen molar-refractivity contribution in [2.24, 2.45) is 0 Å². The Kier molecular flexibility index (Phi) is 7.41. The predicted molar refractivity (Wildman–Crippen MR) is 117 cm³/mol. The van der Waals surface area contributed by atoms with Crippen molar-refractivity contribution in [3.05, 3.63) is 91.8 Å². The van der Waals surface area contributed by atoms with Crippen LogP contribution < -0.4 is 16.6 Å². The average molecular weight is 514 g/mol. The normalized spacial score (nSPS) is 12.9. The van der Waals surface area contributed by atoms with E-state index in [1.165, 1.54) is 0 Å². The van der Waals surface area contributed by atoms with Gasteiger partial charge in [-0.1, -0.05) is 19.1 Å². The number of carbonyl (C=O) groups is 1. The molecule has 192 valence electrons. The summed E-state index contributed by atoms with van der Waals surface area (Å²) in [5, 5.41) is 6.32. The van der Waals surface area contributed by atoms with E-state index in [-0.39, 0.29) is 17.3 Å². The molecule has 1 heterocycles. The molecular weight excluding hydrogens is 494 g/mol. The van der Waals surface area contributed by atoms with Crippen LogP contribution in [0.2, 0.25) is 0 Å². The number of nitrogens with zero attached hydrogens (tertiary/aromatic N) is 3. The van der Waals surface area contributed by atoms with Gasteiger partial charge in [0.2, 0.25) is 5.69 Å². The second-order valence-electron chi connectivity index (χ2n) is 7.96. The van der Waals surface area contributed by atoms with Gasteiger partial charge in [0.1, 0.15) is 0 Å². The van der Waals surface area contributed by atoms with Gasteiger partial charge in [-0.2, -0.15) is 36.1 Å². The fourth-order valence-corrected chi connectivity index (χ4v) is 3.13. The first-order valence-corrected chi connectivity index (χ1v) is 10.6. The lowest BCUT2D eigenvalue weighted by atomic mass is 10.1. The summed E-state index contributed by atoms with van der Waals surface area (Å²) in [6, 6.07) is 6.60. The molecular formula is C23H20F6N4O3. The van der Waals surface area contributed by atoms with Crippen LogP contribution in [0.15, 0.2) is 58.1 Å². The van der Waals surface area contributed by atoms with Crippen molar-refractivity contribution in [1.82, 2.24) is 19.7 Å². The number of alkyl halides is 6. The molecule has 0 spiro atoms. The van der Waals surface area contributed by atoms with Crippen LogP contribution in [0.25, 0.3) is 5.69 Å². The van der Waals surface area contributed by atoms with Gasteiger partial charge in [0.05, 0.1) is 23.4 Å². The number of rotatable bonds is 6. The van der Waals surface area contributed by atoms with Gasteiger partial charge in [0, 0.05) is 6.04 Å². The molecule has 0 fully saturated rings. The van der Waals surface area contributed by atoms with E-state index < -0.39 is 52.9 Å². The third kappa shape index (κ3) is 5.83. The molecule has 0 bridgehead atoms. The topological polar surface area (TPSA) is 86.0 Å². The number of aromatic nitrogens is 3. The third-order valence-corrected chi connectivity index (χ3v) is 5.33. The number of benzene rings is 2. The van der Waals surface area contributed by atoms with Gasteiger partial charge < -0.3 is 5.32 Å². The molecule has 0 unspecified atom stereocenters. The maximum atomic E-state index is 13.1. The largest absolute Gasteiger partial charge is 0.416 e. The maximum absolute atomic E-state index is 13.1. The highest BCUT2D eigenvalue weighted by atomic mass is 19.4. The highest BCUT2D eigenvalue weighted by Gasteiger charge is 2.31. The van der Waals surface area contributed by atoms with Gasteiger partial charge in [-0.25, -0.2) is 4.79 Å².